The highest BCUT2D eigenvalue weighted by atomic mass is 32.2. The van der Waals surface area contributed by atoms with Gasteiger partial charge in [-0.05, 0) is 18.2 Å². The molecule has 0 aliphatic carbocycles. The van der Waals surface area contributed by atoms with Crippen LogP contribution in [0.5, 0.6) is 0 Å². The number of carbonyl (C=O) groups is 1. The van der Waals surface area contributed by atoms with Gasteiger partial charge in [-0.3, -0.25) is 4.79 Å². The fourth-order valence-electron chi connectivity index (χ4n) is 2.76. The summed E-state index contributed by atoms with van der Waals surface area (Å²) in [5.74, 6) is -2.58. The molecular weight excluding hydrogens is 354 g/mol. The van der Waals surface area contributed by atoms with Gasteiger partial charge in [0, 0.05) is 24.8 Å². The number of nitrogens with one attached hydrogen (secondary N) is 1. The lowest BCUT2D eigenvalue weighted by Gasteiger charge is -2.34. The van der Waals surface area contributed by atoms with E-state index in [2.05, 4.69) is 9.71 Å². The van der Waals surface area contributed by atoms with Gasteiger partial charge in [-0.2, -0.15) is 0 Å². The monoisotopic (exact) mass is 370 g/mol. The van der Waals surface area contributed by atoms with E-state index in [1.54, 1.807) is 17.1 Å². The number of amides is 1. The highest BCUT2D eigenvalue weighted by molar-refractivity contribution is 7.88. The Bertz CT molecular complexity index is 913. The van der Waals surface area contributed by atoms with E-state index in [1.165, 1.54) is 11.0 Å². The zero-order chi connectivity index (χ0) is 18.2. The van der Waals surface area contributed by atoms with Gasteiger partial charge in [-0.1, -0.05) is 0 Å². The molecule has 0 fully saturated rings. The van der Waals surface area contributed by atoms with E-state index in [1.807, 2.05) is 0 Å². The van der Waals surface area contributed by atoms with E-state index >= 15 is 0 Å². The molecule has 25 heavy (non-hydrogen) atoms. The molecule has 2 heterocycles. The van der Waals surface area contributed by atoms with Crippen LogP contribution >= 0.6 is 0 Å². The summed E-state index contributed by atoms with van der Waals surface area (Å²) in [6, 6.07) is 2.62. The van der Waals surface area contributed by atoms with Crippen LogP contribution in [0.15, 0.2) is 30.7 Å². The number of carbonyl (C=O) groups excluding carboxylic acids is 1. The molecule has 7 nitrogen and oxygen atoms in total. The largest absolute Gasteiger partial charge is 0.331 e. The van der Waals surface area contributed by atoms with Crippen molar-refractivity contribution in [3.63, 3.8) is 0 Å². The third-order valence-electron chi connectivity index (χ3n) is 3.96. The minimum atomic E-state index is -3.39. The van der Waals surface area contributed by atoms with Crippen LogP contribution in [0.2, 0.25) is 0 Å². The molecule has 1 aliphatic rings. The zero-order valence-electron chi connectivity index (χ0n) is 13.3. The first kappa shape index (κ1) is 17.5. The fraction of sp³-hybridized carbons (Fsp3) is 0.333. The number of imidazole rings is 1. The van der Waals surface area contributed by atoms with Gasteiger partial charge in [0.1, 0.15) is 0 Å². The third kappa shape index (κ3) is 3.85. The number of nitrogens with zero attached hydrogens (tertiary/aromatic N) is 3. The maximum Gasteiger partial charge on any atom is 0.254 e. The smallest absolute Gasteiger partial charge is 0.254 e. The Hall–Kier alpha value is -2.33. The van der Waals surface area contributed by atoms with Gasteiger partial charge in [0.2, 0.25) is 10.0 Å². The van der Waals surface area contributed by atoms with Crippen molar-refractivity contribution in [1.82, 2.24) is 19.2 Å². The Morgan fingerprint density at radius 3 is 2.80 bits per heavy atom. The summed E-state index contributed by atoms with van der Waals surface area (Å²) in [7, 11) is -3.39. The number of halogens is 2. The molecule has 0 unspecified atom stereocenters. The molecule has 1 N–H and O–H groups in total. The summed E-state index contributed by atoms with van der Waals surface area (Å²) in [4.78, 5) is 18.1. The number of hydrogen-bond acceptors (Lipinski definition) is 4. The fourth-order valence-corrected chi connectivity index (χ4v) is 3.26. The topological polar surface area (TPSA) is 84.3 Å². The van der Waals surface area contributed by atoms with Gasteiger partial charge >= 0.3 is 0 Å². The summed E-state index contributed by atoms with van der Waals surface area (Å²) < 4.78 is 53.3. The molecule has 0 bridgehead atoms. The third-order valence-corrected chi connectivity index (χ3v) is 4.65. The Morgan fingerprint density at radius 2 is 2.12 bits per heavy atom. The first-order valence-corrected chi connectivity index (χ1v) is 9.33. The van der Waals surface area contributed by atoms with Crippen molar-refractivity contribution in [2.75, 3.05) is 19.3 Å². The molecule has 0 spiro atoms. The van der Waals surface area contributed by atoms with Crippen LogP contribution in [0.4, 0.5) is 8.78 Å². The quantitative estimate of drug-likeness (QED) is 0.867. The molecule has 2 aromatic rings. The van der Waals surface area contributed by atoms with E-state index < -0.39 is 27.6 Å². The average molecular weight is 370 g/mol. The Balaban J connectivity index is 1.83. The van der Waals surface area contributed by atoms with Crippen LogP contribution in [-0.2, 0) is 16.6 Å². The van der Waals surface area contributed by atoms with Gasteiger partial charge in [0.15, 0.2) is 11.6 Å². The Morgan fingerprint density at radius 1 is 1.36 bits per heavy atom. The van der Waals surface area contributed by atoms with Crippen molar-refractivity contribution in [2.24, 2.45) is 0 Å². The predicted octanol–water partition coefficient (Wildman–Crippen LogP) is 0.908. The lowest BCUT2D eigenvalue weighted by molar-refractivity contribution is 0.0680. The van der Waals surface area contributed by atoms with Gasteiger partial charge in [0.25, 0.3) is 5.91 Å². The molecule has 0 radical (unpaired) electrons. The standard InChI is InChI=1S/C15H16F2N4O3S/c1-25(23,24)19-6-12-8-20(7-11-5-18-9-21(11)12)15(22)10-2-3-13(16)14(17)4-10/h2-5,9,12,19H,6-8H2,1H3/t12-/m0/s1. The highest BCUT2D eigenvalue weighted by Gasteiger charge is 2.29. The normalized spacial score (nSPS) is 17.4. The molecule has 1 amide bonds. The second-order valence-electron chi connectivity index (χ2n) is 5.88. The second-order valence-corrected chi connectivity index (χ2v) is 7.71. The minimum Gasteiger partial charge on any atom is -0.331 e. The zero-order valence-corrected chi connectivity index (χ0v) is 14.1. The number of fused-ring (bicyclic) bond motifs is 1. The lowest BCUT2D eigenvalue weighted by Crippen LogP contribution is -2.44. The van der Waals surface area contributed by atoms with Crippen LogP contribution in [0.25, 0.3) is 0 Å². The van der Waals surface area contributed by atoms with Gasteiger partial charge < -0.3 is 9.47 Å². The summed E-state index contributed by atoms with van der Waals surface area (Å²) in [5, 5.41) is 0. The van der Waals surface area contributed by atoms with E-state index in [9.17, 15) is 22.0 Å². The number of aromatic nitrogens is 2. The maximum absolute atomic E-state index is 13.4. The first-order chi connectivity index (χ1) is 11.7. The van der Waals surface area contributed by atoms with E-state index in [-0.39, 0.29) is 31.2 Å². The lowest BCUT2D eigenvalue weighted by atomic mass is 10.1. The summed E-state index contributed by atoms with van der Waals surface area (Å²) in [6.45, 7) is 0.542. The highest BCUT2D eigenvalue weighted by Crippen LogP contribution is 2.23. The van der Waals surface area contributed by atoms with Crippen LogP contribution in [0.1, 0.15) is 22.1 Å². The van der Waals surface area contributed by atoms with Crippen molar-refractivity contribution in [1.29, 1.82) is 0 Å². The van der Waals surface area contributed by atoms with Crippen molar-refractivity contribution in [3.05, 3.63) is 53.6 Å². The van der Waals surface area contributed by atoms with Crippen LogP contribution in [0.3, 0.4) is 0 Å². The van der Waals surface area contributed by atoms with Crippen LogP contribution < -0.4 is 4.72 Å². The van der Waals surface area contributed by atoms with Crippen LogP contribution in [-0.4, -0.2) is 48.1 Å². The molecule has 134 valence electrons. The summed E-state index contributed by atoms with van der Waals surface area (Å²) >= 11 is 0. The molecule has 3 rings (SSSR count). The van der Waals surface area contributed by atoms with E-state index in [0.29, 0.717) is 0 Å². The molecular formula is C15H16F2N4O3S. The number of sulfonamides is 1. The van der Waals surface area contributed by atoms with Crippen LogP contribution in [0, 0.1) is 11.6 Å². The summed E-state index contributed by atoms with van der Waals surface area (Å²) in [5.41, 5.74) is 0.754. The van der Waals surface area contributed by atoms with Crippen molar-refractivity contribution >= 4 is 15.9 Å². The molecule has 1 aliphatic heterocycles. The van der Waals surface area contributed by atoms with Crippen molar-refractivity contribution in [2.45, 2.75) is 12.6 Å². The molecule has 10 heteroatoms. The first-order valence-electron chi connectivity index (χ1n) is 7.44. The summed E-state index contributed by atoms with van der Waals surface area (Å²) in [6.07, 6.45) is 4.20. The molecule has 1 aromatic heterocycles. The minimum absolute atomic E-state index is 0.0293. The van der Waals surface area contributed by atoms with E-state index in [4.69, 9.17) is 0 Å². The van der Waals surface area contributed by atoms with E-state index in [0.717, 1.165) is 24.1 Å². The Labute approximate surface area is 143 Å². The molecule has 1 atom stereocenters. The average Bonchev–Trinajstić information content (AvgIpc) is 3.02. The van der Waals surface area contributed by atoms with Gasteiger partial charge in [-0.15, -0.1) is 0 Å². The van der Waals surface area contributed by atoms with Crippen molar-refractivity contribution in [3.8, 4) is 0 Å². The maximum atomic E-state index is 13.4. The molecule has 1 aromatic carbocycles. The Kier molecular flexibility index (Phi) is 4.56. The molecule has 0 saturated carbocycles. The number of rotatable bonds is 4. The van der Waals surface area contributed by atoms with Gasteiger partial charge in [0.05, 0.1) is 30.9 Å². The second kappa shape index (κ2) is 6.52. The number of hydrogen-bond donors (Lipinski definition) is 1. The van der Waals surface area contributed by atoms with Crippen molar-refractivity contribution < 1.29 is 22.0 Å². The van der Waals surface area contributed by atoms with Gasteiger partial charge in [-0.25, -0.2) is 26.9 Å². The molecule has 0 saturated heterocycles. The SMILES string of the molecule is CS(=O)(=O)NC[C@H]1CN(C(=O)c2ccc(F)c(F)c2)Cc2cncn21. The number of benzene rings is 1. The predicted molar refractivity (Wildman–Crippen MR) is 85.2 cm³/mol.